The van der Waals surface area contributed by atoms with E-state index >= 15 is 0 Å². The van der Waals surface area contributed by atoms with Crippen LogP contribution in [0.1, 0.15) is 24.3 Å². The third-order valence-corrected chi connectivity index (χ3v) is 6.18. The molecule has 0 aromatic heterocycles. The summed E-state index contributed by atoms with van der Waals surface area (Å²) >= 11 is 0. The van der Waals surface area contributed by atoms with Crippen LogP contribution in [0, 0.1) is 11.7 Å². The monoisotopic (exact) mass is 441 g/mol. The average molecular weight is 442 g/mol. The minimum Gasteiger partial charge on any atom is -0.497 e. The Hall–Kier alpha value is -3.13. The van der Waals surface area contributed by atoms with Crippen LogP contribution < -0.4 is 15.4 Å². The zero-order chi connectivity index (χ0) is 22.5. The average Bonchev–Trinajstić information content (AvgIpc) is 3.24. The van der Waals surface area contributed by atoms with Crippen LogP contribution in [0.5, 0.6) is 5.75 Å². The highest BCUT2D eigenvalue weighted by atomic mass is 19.1. The summed E-state index contributed by atoms with van der Waals surface area (Å²) in [6.45, 7) is 2.28. The molecule has 2 aliphatic rings. The van der Waals surface area contributed by atoms with Crippen molar-refractivity contribution in [3.63, 3.8) is 0 Å². The van der Waals surface area contributed by atoms with Gasteiger partial charge in [0.05, 0.1) is 20.3 Å². The van der Waals surface area contributed by atoms with Crippen molar-refractivity contribution in [3.8, 4) is 5.75 Å². The van der Waals surface area contributed by atoms with Gasteiger partial charge in [0.15, 0.2) is 0 Å². The Morgan fingerprint density at radius 1 is 1.03 bits per heavy atom. The van der Waals surface area contributed by atoms with E-state index < -0.39 is 0 Å². The molecular formula is C24H28FN3O4. The van der Waals surface area contributed by atoms with Gasteiger partial charge in [0.25, 0.3) is 0 Å². The molecule has 7 nitrogen and oxygen atoms in total. The summed E-state index contributed by atoms with van der Waals surface area (Å²) in [5.41, 5.74) is 1.56. The molecule has 2 N–H and O–H groups in total. The highest BCUT2D eigenvalue weighted by molar-refractivity contribution is 5.89. The summed E-state index contributed by atoms with van der Waals surface area (Å²) in [6, 6.07) is 12.9. The van der Waals surface area contributed by atoms with Crippen molar-refractivity contribution in [2.24, 2.45) is 5.92 Å². The van der Waals surface area contributed by atoms with Crippen molar-refractivity contribution >= 4 is 17.6 Å². The Balaban J connectivity index is 1.47. The molecule has 32 heavy (non-hydrogen) atoms. The fraction of sp³-hybridized carbons (Fsp3) is 0.417. The van der Waals surface area contributed by atoms with Crippen LogP contribution in [0.25, 0.3) is 0 Å². The van der Waals surface area contributed by atoms with E-state index in [2.05, 4.69) is 10.6 Å². The maximum absolute atomic E-state index is 13.3. The first-order valence-electron chi connectivity index (χ1n) is 10.9. The van der Waals surface area contributed by atoms with Crippen LogP contribution in [0.2, 0.25) is 0 Å². The van der Waals surface area contributed by atoms with Crippen molar-refractivity contribution in [1.29, 1.82) is 0 Å². The Bertz CT molecular complexity index is 929. The third-order valence-electron chi connectivity index (χ3n) is 6.18. The molecule has 1 saturated carbocycles. The van der Waals surface area contributed by atoms with Gasteiger partial charge in [0, 0.05) is 30.7 Å². The molecular weight excluding hydrogens is 413 g/mol. The smallest absolute Gasteiger partial charge is 0.319 e. The number of ether oxygens (including phenoxy) is 2. The fourth-order valence-corrected chi connectivity index (χ4v) is 4.55. The quantitative estimate of drug-likeness (QED) is 0.746. The molecule has 2 aromatic carbocycles. The van der Waals surface area contributed by atoms with Gasteiger partial charge < -0.3 is 25.0 Å². The highest BCUT2D eigenvalue weighted by Gasteiger charge is 2.42. The minimum atomic E-state index is -0.366. The summed E-state index contributed by atoms with van der Waals surface area (Å²) in [5, 5.41) is 5.72. The van der Waals surface area contributed by atoms with Crippen molar-refractivity contribution in [3.05, 3.63) is 59.9 Å². The van der Waals surface area contributed by atoms with Crippen LogP contribution in [-0.2, 0) is 9.53 Å². The molecule has 2 fully saturated rings. The van der Waals surface area contributed by atoms with Crippen molar-refractivity contribution < 1.29 is 23.5 Å². The second-order valence-electron chi connectivity index (χ2n) is 8.20. The molecule has 0 bridgehead atoms. The summed E-state index contributed by atoms with van der Waals surface area (Å²) < 4.78 is 23.7. The van der Waals surface area contributed by atoms with Crippen LogP contribution in [-0.4, -0.2) is 56.3 Å². The Morgan fingerprint density at radius 2 is 1.72 bits per heavy atom. The predicted octanol–water partition coefficient (Wildman–Crippen LogP) is 3.38. The van der Waals surface area contributed by atoms with Crippen molar-refractivity contribution in [1.82, 2.24) is 10.2 Å². The van der Waals surface area contributed by atoms with E-state index in [0.29, 0.717) is 44.8 Å². The molecule has 1 aliphatic heterocycles. The number of anilines is 1. The van der Waals surface area contributed by atoms with Gasteiger partial charge in [0.1, 0.15) is 11.6 Å². The number of amides is 3. The molecule has 0 radical (unpaired) electrons. The van der Waals surface area contributed by atoms with Crippen molar-refractivity contribution in [2.75, 3.05) is 38.7 Å². The number of methoxy groups -OCH3 is 1. The second-order valence-corrected chi connectivity index (χ2v) is 8.20. The first kappa shape index (κ1) is 22.1. The Morgan fingerprint density at radius 3 is 2.38 bits per heavy atom. The van der Waals surface area contributed by atoms with Crippen LogP contribution >= 0.6 is 0 Å². The van der Waals surface area contributed by atoms with Gasteiger partial charge in [-0.3, -0.25) is 4.79 Å². The number of morpholine rings is 1. The SMILES string of the molecule is COc1ccc([C@H]2C[C@H](NC(=O)Nc3ccc(F)cc3)C[C@@H]2C(=O)N2CCOCC2)cc1. The number of rotatable bonds is 5. The van der Waals surface area contributed by atoms with Gasteiger partial charge in [-0.15, -0.1) is 0 Å². The number of halogens is 1. The molecule has 3 atom stereocenters. The molecule has 0 spiro atoms. The maximum Gasteiger partial charge on any atom is 0.319 e. The first-order chi connectivity index (χ1) is 15.5. The number of hydrogen-bond donors (Lipinski definition) is 2. The number of carbonyl (C=O) groups excluding carboxylic acids is 2. The summed E-state index contributed by atoms with van der Waals surface area (Å²) in [7, 11) is 1.62. The van der Waals surface area contributed by atoms with E-state index in [1.54, 1.807) is 7.11 Å². The molecule has 170 valence electrons. The lowest BCUT2D eigenvalue weighted by atomic mass is 9.88. The minimum absolute atomic E-state index is 0.00706. The summed E-state index contributed by atoms with van der Waals surface area (Å²) in [5.74, 6) is 0.275. The van der Waals surface area contributed by atoms with Crippen molar-refractivity contribution in [2.45, 2.75) is 24.8 Å². The first-order valence-corrected chi connectivity index (χ1v) is 10.9. The number of benzene rings is 2. The van der Waals surface area contributed by atoms with Crippen LogP contribution in [0.15, 0.2) is 48.5 Å². The normalized spacial score (nSPS) is 22.9. The maximum atomic E-state index is 13.3. The molecule has 1 saturated heterocycles. The lowest BCUT2D eigenvalue weighted by Crippen LogP contribution is -2.44. The molecule has 4 rings (SSSR count). The molecule has 1 aliphatic carbocycles. The van der Waals surface area contributed by atoms with E-state index in [1.165, 1.54) is 24.3 Å². The van der Waals surface area contributed by atoms with Gasteiger partial charge in [-0.2, -0.15) is 0 Å². The topological polar surface area (TPSA) is 79.9 Å². The Kier molecular flexibility index (Phi) is 6.90. The zero-order valence-corrected chi connectivity index (χ0v) is 18.1. The molecule has 0 unspecified atom stereocenters. The van der Waals surface area contributed by atoms with E-state index in [9.17, 15) is 14.0 Å². The Labute approximate surface area is 186 Å². The van der Waals surface area contributed by atoms with E-state index in [4.69, 9.17) is 9.47 Å². The van der Waals surface area contributed by atoms with Gasteiger partial charge in [-0.1, -0.05) is 12.1 Å². The molecule has 1 heterocycles. The molecule has 8 heteroatoms. The zero-order valence-electron chi connectivity index (χ0n) is 18.1. The van der Waals surface area contributed by atoms with Gasteiger partial charge >= 0.3 is 6.03 Å². The van der Waals surface area contributed by atoms with E-state index in [-0.39, 0.29) is 35.6 Å². The lowest BCUT2D eigenvalue weighted by Gasteiger charge is -2.31. The summed E-state index contributed by atoms with van der Waals surface area (Å²) in [6.07, 6.45) is 1.22. The highest BCUT2D eigenvalue weighted by Crippen LogP contribution is 2.41. The standard InChI is InChI=1S/C24H28FN3O4/c1-31-20-8-2-16(3-9-20)21-14-19(15-22(21)23(29)28-10-12-32-13-11-28)27-24(30)26-18-6-4-17(25)5-7-18/h2-9,19,21-22H,10-15H2,1H3,(H2,26,27,30)/t19-,21+,22-/m0/s1. The number of nitrogens with one attached hydrogen (secondary N) is 2. The number of carbonyl (C=O) groups is 2. The lowest BCUT2D eigenvalue weighted by molar-refractivity contribution is -0.140. The molecule has 2 aromatic rings. The largest absolute Gasteiger partial charge is 0.497 e. The number of urea groups is 1. The van der Waals surface area contributed by atoms with E-state index in [1.807, 2.05) is 29.2 Å². The van der Waals surface area contributed by atoms with Gasteiger partial charge in [-0.25, -0.2) is 9.18 Å². The van der Waals surface area contributed by atoms with Crippen LogP contribution in [0.4, 0.5) is 14.9 Å². The summed E-state index contributed by atoms with van der Waals surface area (Å²) in [4.78, 5) is 27.7. The second kappa shape index (κ2) is 9.99. The fourth-order valence-electron chi connectivity index (χ4n) is 4.55. The number of nitrogens with zero attached hydrogens (tertiary/aromatic N) is 1. The van der Waals surface area contributed by atoms with E-state index in [0.717, 1.165) is 11.3 Å². The van der Waals surface area contributed by atoms with Gasteiger partial charge in [0.2, 0.25) is 5.91 Å². The third kappa shape index (κ3) is 5.19. The van der Waals surface area contributed by atoms with Crippen LogP contribution in [0.3, 0.4) is 0 Å². The van der Waals surface area contributed by atoms with Gasteiger partial charge in [-0.05, 0) is 60.7 Å². The number of hydrogen-bond acceptors (Lipinski definition) is 4. The molecule has 3 amide bonds. The predicted molar refractivity (Wildman–Crippen MR) is 118 cm³/mol.